The second-order valence-electron chi connectivity index (χ2n) is 5.81. The van der Waals surface area contributed by atoms with Gasteiger partial charge in [-0.3, -0.25) is 0 Å². The Labute approximate surface area is 131 Å². The van der Waals surface area contributed by atoms with Gasteiger partial charge >= 0.3 is 0 Å². The van der Waals surface area contributed by atoms with Crippen LogP contribution in [0.25, 0.3) is 0 Å². The lowest BCUT2D eigenvalue weighted by molar-refractivity contribution is 0.146. The zero-order chi connectivity index (χ0) is 15.6. The van der Waals surface area contributed by atoms with Gasteiger partial charge in [-0.2, -0.15) is 4.31 Å². The van der Waals surface area contributed by atoms with Crippen LogP contribution in [0.3, 0.4) is 0 Å². The summed E-state index contributed by atoms with van der Waals surface area (Å²) in [7, 11) is -1.79. The number of hydrogen-bond donors (Lipinski definition) is 1. The molecule has 2 atom stereocenters. The van der Waals surface area contributed by atoms with Gasteiger partial charge < -0.3 is 14.8 Å². The van der Waals surface area contributed by atoms with E-state index in [1.807, 2.05) is 0 Å². The minimum atomic E-state index is -3.40. The third kappa shape index (κ3) is 3.12. The molecule has 0 spiro atoms. The quantitative estimate of drug-likeness (QED) is 0.774. The Bertz CT molecular complexity index is 590. The van der Waals surface area contributed by atoms with Gasteiger partial charge in [0, 0.05) is 20.2 Å². The molecule has 1 aromatic carbocycles. The summed E-state index contributed by atoms with van der Waals surface area (Å²) < 4.78 is 37.4. The van der Waals surface area contributed by atoms with Gasteiger partial charge in [0.15, 0.2) is 0 Å². The van der Waals surface area contributed by atoms with E-state index in [1.54, 1.807) is 35.7 Å². The van der Waals surface area contributed by atoms with Crippen LogP contribution in [0.1, 0.15) is 0 Å². The molecule has 122 valence electrons. The van der Waals surface area contributed by atoms with Crippen LogP contribution < -0.4 is 10.1 Å². The first-order chi connectivity index (χ1) is 10.6. The highest BCUT2D eigenvalue weighted by molar-refractivity contribution is 7.89. The molecule has 0 aromatic heterocycles. The van der Waals surface area contributed by atoms with E-state index in [1.165, 1.54) is 0 Å². The first-order valence-electron chi connectivity index (χ1n) is 7.54. The van der Waals surface area contributed by atoms with Crippen LogP contribution in [0.5, 0.6) is 5.75 Å². The van der Waals surface area contributed by atoms with E-state index in [9.17, 15) is 8.42 Å². The highest BCUT2D eigenvalue weighted by Crippen LogP contribution is 2.31. The molecule has 1 N–H and O–H groups in total. The van der Waals surface area contributed by atoms with Gasteiger partial charge in [0.2, 0.25) is 10.0 Å². The molecule has 0 radical (unpaired) electrons. The second kappa shape index (κ2) is 6.54. The van der Waals surface area contributed by atoms with Crippen molar-refractivity contribution in [2.75, 3.05) is 46.5 Å². The van der Waals surface area contributed by atoms with Gasteiger partial charge in [-0.25, -0.2) is 8.42 Å². The van der Waals surface area contributed by atoms with Crippen LogP contribution in [0.15, 0.2) is 29.2 Å². The first kappa shape index (κ1) is 15.7. The smallest absolute Gasteiger partial charge is 0.243 e. The Morgan fingerprint density at radius 2 is 1.77 bits per heavy atom. The molecule has 0 unspecified atom stereocenters. The average Bonchev–Trinajstić information content (AvgIpc) is 3.09. The largest absolute Gasteiger partial charge is 0.491 e. The fraction of sp³-hybridized carbons (Fsp3) is 0.600. The molecule has 2 aliphatic heterocycles. The van der Waals surface area contributed by atoms with Gasteiger partial charge in [-0.1, -0.05) is 0 Å². The van der Waals surface area contributed by atoms with Crippen molar-refractivity contribution >= 4 is 10.0 Å². The number of benzene rings is 1. The summed E-state index contributed by atoms with van der Waals surface area (Å²) in [5.74, 6) is 1.55. The van der Waals surface area contributed by atoms with Gasteiger partial charge in [-0.15, -0.1) is 0 Å². The third-order valence-electron chi connectivity index (χ3n) is 4.37. The minimum Gasteiger partial charge on any atom is -0.491 e. The standard InChI is InChI=1S/C15H22N2O4S/c1-20-6-7-21-14-2-4-15(5-3-14)22(18,19)17-10-12-8-16-9-13(12)11-17/h2-5,12-13,16H,6-11H2,1H3/t12-,13+. The van der Waals surface area contributed by atoms with E-state index in [0.29, 0.717) is 48.8 Å². The molecular formula is C15H22N2O4S. The van der Waals surface area contributed by atoms with E-state index in [-0.39, 0.29) is 0 Å². The molecule has 0 aliphatic carbocycles. The summed E-state index contributed by atoms with van der Waals surface area (Å²) >= 11 is 0. The predicted octanol–water partition coefficient (Wildman–Crippen LogP) is 0.552. The van der Waals surface area contributed by atoms with Crippen LogP contribution in [-0.4, -0.2) is 59.2 Å². The molecule has 2 heterocycles. The Morgan fingerprint density at radius 1 is 1.14 bits per heavy atom. The van der Waals surface area contributed by atoms with Crippen molar-refractivity contribution in [1.29, 1.82) is 0 Å². The average molecular weight is 326 g/mol. The summed E-state index contributed by atoms with van der Waals surface area (Å²) in [5, 5.41) is 3.32. The summed E-state index contributed by atoms with van der Waals surface area (Å²) in [4.78, 5) is 0.333. The SMILES string of the molecule is COCCOc1ccc(S(=O)(=O)N2C[C@H]3CNC[C@H]3C2)cc1. The number of nitrogens with zero attached hydrogens (tertiary/aromatic N) is 1. The Morgan fingerprint density at radius 3 is 2.36 bits per heavy atom. The van der Waals surface area contributed by atoms with Crippen LogP contribution in [-0.2, 0) is 14.8 Å². The lowest BCUT2D eigenvalue weighted by Crippen LogP contribution is -2.31. The molecule has 2 fully saturated rings. The number of nitrogens with one attached hydrogen (secondary N) is 1. The van der Waals surface area contributed by atoms with Gasteiger partial charge in [0.05, 0.1) is 11.5 Å². The number of sulfonamides is 1. The van der Waals surface area contributed by atoms with E-state index < -0.39 is 10.0 Å². The summed E-state index contributed by atoms with van der Waals surface area (Å²) in [5.41, 5.74) is 0. The number of rotatable bonds is 6. The summed E-state index contributed by atoms with van der Waals surface area (Å²) in [6, 6.07) is 6.62. The van der Waals surface area contributed by atoms with Crippen molar-refractivity contribution in [3.8, 4) is 5.75 Å². The van der Waals surface area contributed by atoms with E-state index in [2.05, 4.69) is 5.32 Å². The first-order valence-corrected chi connectivity index (χ1v) is 8.98. The van der Waals surface area contributed by atoms with E-state index in [0.717, 1.165) is 13.1 Å². The molecule has 3 rings (SSSR count). The summed E-state index contributed by atoms with van der Waals surface area (Å²) in [6.07, 6.45) is 0. The Kier molecular flexibility index (Phi) is 4.67. The number of fused-ring (bicyclic) bond motifs is 1. The van der Waals surface area contributed by atoms with Gasteiger partial charge in [-0.05, 0) is 49.2 Å². The molecule has 22 heavy (non-hydrogen) atoms. The predicted molar refractivity (Wildman–Crippen MR) is 82.4 cm³/mol. The zero-order valence-corrected chi connectivity index (χ0v) is 13.5. The Balaban J connectivity index is 1.67. The zero-order valence-electron chi connectivity index (χ0n) is 12.7. The molecule has 0 bridgehead atoms. The second-order valence-corrected chi connectivity index (χ2v) is 7.75. The fourth-order valence-electron chi connectivity index (χ4n) is 3.11. The number of hydrogen-bond acceptors (Lipinski definition) is 5. The monoisotopic (exact) mass is 326 g/mol. The van der Waals surface area contributed by atoms with Crippen LogP contribution >= 0.6 is 0 Å². The summed E-state index contributed by atoms with van der Waals surface area (Å²) in [6.45, 7) is 4.03. The van der Waals surface area contributed by atoms with Crippen LogP contribution in [0.2, 0.25) is 0 Å². The maximum atomic E-state index is 12.7. The molecule has 0 amide bonds. The fourth-order valence-corrected chi connectivity index (χ4v) is 4.66. The maximum Gasteiger partial charge on any atom is 0.243 e. The lowest BCUT2D eigenvalue weighted by Gasteiger charge is -2.17. The van der Waals surface area contributed by atoms with Crippen molar-refractivity contribution < 1.29 is 17.9 Å². The van der Waals surface area contributed by atoms with Gasteiger partial charge in [0.25, 0.3) is 0 Å². The molecular weight excluding hydrogens is 304 g/mol. The number of ether oxygens (including phenoxy) is 2. The molecule has 6 nitrogen and oxygen atoms in total. The normalized spacial score (nSPS) is 25.3. The number of methoxy groups -OCH3 is 1. The van der Waals surface area contributed by atoms with Crippen LogP contribution in [0, 0.1) is 11.8 Å². The Hall–Kier alpha value is -1.15. The van der Waals surface area contributed by atoms with Gasteiger partial charge in [0.1, 0.15) is 12.4 Å². The van der Waals surface area contributed by atoms with Crippen molar-refractivity contribution in [1.82, 2.24) is 9.62 Å². The molecule has 1 aromatic rings. The van der Waals surface area contributed by atoms with Crippen molar-refractivity contribution in [3.63, 3.8) is 0 Å². The van der Waals surface area contributed by atoms with Crippen molar-refractivity contribution in [2.24, 2.45) is 11.8 Å². The molecule has 7 heteroatoms. The van der Waals surface area contributed by atoms with E-state index >= 15 is 0 Å². The van der Waals surface area contributed by atoms with Crippen molar-refractivity contribution in [2.45, 2.75) is 4.90 Å². The highest BCUT2D eigenvalue weighted by atomic mass is 32.2. The minimum absolute atomic E-state index is 0.333. The lowest BCUT2D eigenvalue weighted by atomic mass is 10.0. The topological polar surface area (TPSA) is 67.9 Å². The maximum absolute atomic E-state index is 12.7. The molecule has 2 saturated heterocycles. The molecule has 0 saturated carbocycles. The van der Waals surface area contributed by atoms with Crippen LogP contribution in [0.4, 0.5) is 0 Å². The van der Waals surface area contributed by atoms with E-state index in [4.69, 9.17) is 9.47 Å². The third-order valence-corrected chi connectivity index (χ3v) is 6.22. The highest BCUT2D eigenvalue weighted by Gasteiger charge is 2.41. The molecule has 2 aliphatic rings. The van der Waals surface area contributed by atoms with Crippen molar-refractivity contribution in [3.05, 3.63) is 24.3 Å².